The molecule has 0 bridgehead atoms. The van der Waals surface area contributed by atoms with Crippen LogP contribution in [0.2, 0.25) is 0 Å². The van der Waals surface area contributed by atoms with Crippen LogP contribution in [0, 0.1) is 19.7 Å². The van der Waals surface area contributed by atoms with Crippen molar-refractivity contribution in [1.29, 1.82) is 0 Å². The number of halogens is 1. The maximum absolute atomic E-state index is 13.1. The summed E-state index contributed by atoms with van der Waals surface area (Å²) in [6.45, 7) is 4.83. The lowest BCUT2D eigenvalue weighted by molar-refractivity contribution is 0.135. The van der Waals surface area contributed by atoms with E-state index in [2.05, 4.69) is 24.0 Å². The van der Waals surface area contributed by atoms with Crippen molar-refractivity contribution in [1.82, 2.24) is 9.29 Å². The Bertz CT molecular complexity index is 1060. The molecule has 1 aliphatic rings. The predicted molar refractivity (Wildman–Crippen MR) is 108 cm³/mol. The van der Waals surface area contributed by atoms with Gasteiger partial charge in [-0.3, -0.25) is 0 Å². The molecule has 0 N–H and O–H groups in total. The van der Waals surface area contributed by atoms with Crippen molar-refractivity contribution in [2.24, 2.45) is 0 Å². The highest BCUT2D eigenvalue weighted by atomic mass is 32.2. The molecule has 1 fully saturated rings. The molecular weight excluding hydrogens is 399 g/mol. The first-order valence-electron chi connectivity index (χ1n) is 9.14. The zero-order valence-electron chi connectivity index (χ0n) is 15.7. The van der Waals surface area contributed by atoms with E-state index < -0.39 is 15.8 Å². The molecule has 1 saturated heterocycles. The van der Waals surface area contributed by atoms with Crippen LogP contribution in [0.1, 0.15) is 24.0 Å². The van der Waals surface area contributed by atoms with E-state index in [1.807, 2.05) is 6.92 Å². The summed E-state index contributed by atoms with van der Waals surface area (Å²) in [6, 6.07) is 9.08. The minimum atomic E-state index is -3.61. The molecule has 8 heteroatoms. The Kier molecular flexibility index (Phi) is 5.11. The van der Waals surface area contributed by atoms with Gasteiger partial charge in [0.1, 0.15) is 11.9 Å². The second-order valence-electron chi connectivity index (χ2n) is 7.03. The number of sulfonamides is 1. The molecule has 148 valence electrons. The van der Waals surface area contributed by atoms with Gasteiger partial charge in [-0.25, -0.2) is 17.8 Å². The Hall–Kier alpha value is -2.03. The summed E-state index contributed by atoms with van der Waals surface area (Å²) in [5.41, 5.74) is 3.26. The number of aryl methyl sites for hydroxylation is 2. The molecule has 2 heterocycles. The molecule has 0 aliphatic carbocycles. The normalized spacial score (nSPS) is 16.5. The van der Waals surface area contributed by atoms with Crippen LogP contribution >= 0.6 is 11.3 Å². The zero-order chi connectivity index (χ0) is 19.9. The Labute approximate surface area is 167 Å². The average molecular weight is 421 g/mol. The summed E-state index contributed by atoms with van der Waals surface area (Å²) in [6.07, 6.45) is 1.11. The van der Waals surface area contributed by atoms with E-state index in [1.165, 1.54) is 45.5 Å². The molecule has 5 nitrogen and oxygen atoms in total. The van der Waals surface area contributed by atoms with Crippen molar-refractivity contribution in [3.8, 4) is 5.19 Å². The fourth-order valence-corrected chi connectivity index (χ4v) is 5.88. The molecule has 4 rings (SSSR count). The first-order chi connectivity index (χ1) is 13.3. The van der Waals surface area contributed by atoms with Crippen LogP contribution in [-0.2, 0) is 10.0 Å². The number of fused-ring (bicyclic) bond motifs is 1. The van der Waals surface area contributed by atoms with Crippen molar-refractivity contribution >= 4 is 31.6 Å². The molecule has 1 aromatic heterocycles. The second kappa shape index (κ2) is 7.42. The summed E-state index contributed by atoms with van der Waals surface area (Å²) in [5.74, 6) is -0.452. The fourth-order valence-electron chi connectivity index (χ4n) is 3.38. The molecule has 0 unspecified atom stereocenters. The minimum Gasteiger partial charge on any atom is -0.467 e. The first-order valence-corrected chi connectivity index (χ1v) is 11.4. The van der Waals surface area contributed by atoms with E-state index in [9.17, 15) is 12.8 Å². The highest BCUT2D eigenvalue weighted by molar-refractivity contribution is 7.89. The Morgan fingerprint density at radius 2 is 1.71 bits per heavy atom. The van der Waals surface area contributed by atoms with Gasteiger partial charge >= 0.3 is 0 Å². The number of rotatable bonds is 4. The van der Waals surface area contributed by atoms with Crippen LogP contribution < -0.4 is 4.74 Å². The van der Waals surface area contributed by atoms with E-state index >= 15 is 0 Å². The van der Waals surface area contributed by atoms with Crippen molar-refractivity contribution < 1.29 is 17.5 Å². The van der Waals surface area contributed by atoms with Gasteiger partial charge in [0.05, 0.1) is 15.1 Å². The van der Waals surface area contributed by atoms with Crippen LogP contribution in [0.5, 0.6) is 5.19 Å². The van der Waals surface area contributed by atoms with Gasteiger partial charge in [0.2, 0.25) is 10.0 Å². The van der Waals surface area contributed by atoms with Gasteiger partial charge in [0, 0.05) is 13.1 Å². The van der Waals surface area contributed by atoms with Crippen molar-refractivity contribution in [2.45, 2.75) is 37.7 Å². The third kappa shape index (κ3) is 3.64. The number of nitrogens with zero attached hydrogens (tertiary/aromatic N) is 2. The van der Waals surface area contributed by atoms with E-state index in [0.717, 1.165) is 15.8 Å². The summed E-state index contributed by atoms with van der Waals surface area (Å²) in [7, 11) is -3.61. The summed E-state index contributed by atoms with van der Waals surface area (Å²) >= 11 is 1.54. The SMILES string of the molecule is Cc1ccc(C)c2sc(OC3CCN(S(=O)(=O)c4ccc(F)cc4)CC3)nc12. The lowest BCUT2D eigenvalue weighted by Gasteiger charge is -2.30. The van der Waals surface area contributed by atoms with Crippen LogP contribution in [-0.4, -0.2) is 36.9 Å². The number of aromatic nitrogens is 1. The molecular formula is C20H21FN2O3S2. The fraction of sp³-hybridized carbons (Fsp3) is 0.350. The number of hydrogen-bond donors (Lipinski definition) is 0. The number of hydrogen-bond acceptors (Lipinski definition) is 5. The lowest BCUT2D eigenvalue weighted by Crippen LogP contribution is -2.41. The van der Waals surface area contributed by atoms with Gasteiger partial charge in [-0.1, -0.05) is 23.5 Å². The molecule has 0 atom stereocenters. The molecule has 28 heavy (non-hydrogen) atoms. The number of piperidine rings is 1. The van der Waals surface area contributed by atoms with E-state index in [4.69, 9.17) is 4.74 Å². The number of benzene rings is 2. The number of ether oxygens (including phenoxy) is 1. The largest absolute Gasteiger partial charge is 0.467 e. The molecule has 0 radical (unpaired) electrons. The Balaban J connectivity index is 1.44. The average Bonchev–Trinajstić information content (AvgIpc) is 3.11. The zero-order valence-corrected chi connectivity index (χ0v) is 17.3. The molecule has 0 spiro atoms. The Morgan fingerprint density at radius 1 is 1.07 bits per heavy atom. The quantitative estimate of drug-likeness (QED) is 0.632. The lowest BCUT2D eigenvalue weighted by atomic mass is 10.1. The van der Waals surface area contributed by atoms with Gasteiger partial charge < -0.3 is 4.74 Å². The third-order valence-corrected chi connectivity index (χ3v) is 8.04. The van der Waals surface area contributed by atoms with Gasteiger partial charge in [-0.15, -0.1) is 0 Å². The maximum Gasteiger partial charge on any atom is 0.274 e. The van der Waals surface area contributed by atoms with E-state index in [1.54, 1.807) is 0 Å². The summed E-state index contributed by atoms with van der Waals surface area (Å²) in [4.78, 5) is 4.74. The maximum atomic E-state index is 13.1. The van der Waals surface area contributed by atoms with Crippen LogP contribution in [0.25, 0.3) is 10.2 Å². The van der Waals surface area contributed by atoms with Crippen molar-refractivity contribution in [3.05, 3.63) is 53.3 Å². The van der Waals surface area contributed by atoms with E-state index in [0.29, 0.717) is 31.1 Å². The van der Waals surface area contributed by atoms with Gasteiger partial charge in [0.25, 0.3) is 5.19 Å². The van der Waals surface area contributed by atoms with Crippen molar-refractivity contribution in [3.63, 3.8) is 0 Å². The Morgan fingerprint density at radius 3 is 2.36 bits per heavy atom. The predicted octanol–water partition coefficient (Wildman–Crippen LogP) is 4.28. The van der Waals surface area contributed by atoms with Crippen LogP contribution in [0.4, 0.5) is 4.39 Å². The van der Waals surface area contributed by atoms with Crippen LogP contribution in [0.15, 0.2) is 41.3 Å². The first kappa shape index (κ1) is 19.3. The van der Waals surface area contributed by atoms with Gasteiger partial charge in [-0.2, -0.15) is 4.31 Å². The number of thiazole rings is 1. The van der Waals surface area contributed by atoms with Gasteiger partial charge in [-0.05, 0) is 62.1 Å². The minimum absolute atomic E-state index is 0.0687. The summed E-state index contributed by atoms with van der Waals surface area (Å²) < 4.78 is 47.1. The second-order valence-corrected chi connectivity index (χ2v) is 9.93. The molecule has 3 aromatic rings. The van der Waals surface area contributed by atoms with Gasteiger partial charge in [0.15, 0.2) is 0 Å². The third-order valence-electron chi connectivity index (χ3n) is 5.04. The highest BCUT2D eigenvalue weighted by Gasteiger charge is 2.30. The highest BCUT2D eigenvalue weighted by Crippen LogP contribution is 2.34. The molecule has 0 amide bonds. The standard InChI is InChI=1S/C20H21FN2O3S2/c1-13-3-4-14(2)19-18(13)22-20(27-19)26-16-9-11-23(12-10-16)28(24,25)17-7-5-15(21)6-8-17/h3-8,16H,9-12H2,1-2H3. The van der Waals surface area contributed by atoms with Crippen LogP contribution in [0.3, 0.4) is 0 Å². The van der Waals surface area contributed by atoms with E-state index in [-0.39, 0.29) is 11.0 Å². The smallest absolute Gasteiger partial charge is 0.274 e. The van der Waals surface area contributed by atoms with Crippen molar-refractivity contribution in [2.75, 3.05) is 13.1 Å². The molecule has 1 aliphatic heterocycles. The molecule has 2 aromatic carbocycles. The monoisotopic (exact) mass is 420 g/mol. The summed E-state index contributed by atoms with van der Waals surface area (Å²) in [5, 5.41) is 0.632. The molecule has 0 saturated carbocycles. The topological polar surface area (TPSA) is 59.5 Å².